The molecule has 0 aromatic carbocycles. The SMILES string of the molecule is CC(N(C)C)n1nnnc1SCC1=C(C(=O)O)N2C(=O)C(NC(=O)Cc3csc(=N)n3O)[C@H]2SC1.C[N+](C)(C)CC(=O)[O-]. The number of thioether (sulfide) groups is 2. The van der Waals surface area contributed by atoms with E-state index in [0.717, 1.165) is 11.3 Å². The van der Waals surface area contributed by atoms with Crippen LogP contribution in [-0.2, 0) is 25.6 Å². The molecule has 2 aliphatic rings. The molecule has 4 rings (SSSR count). The molecule has 2 aromatic heterocycles. The zero-order valence-corrected chi connectivity index (χ0v) is 26.8. The standard InChI is InChI=1S/C18H23N9O5S3.C5H11NO2/c1-8(24(2)3)26-18(21-22-23-26)35-6-9-5-33-15-12(14(29)25(15)13(9)16(30)31)20-11(28)4-10-7-34-17(19)27(10)32;1-6(2,3)4-5(7)8/h7-8,12,15,19,32H,4-6H2,1-3H3,(H,20,28)(H,30,31);4H2,1-3H3/t8?,12?,15-;/m1./s1. The Kier molecular flexibility index (Phi) is 11.0. The van der Waals surface area contributed by atoms with Crippen LogP contribution in [0.4, 0.5) is 0 Å². The first kappa shape index (κ1) is 34.0. The number of hydrogen-bond donors (Lipinski definition) is 4. The number of nitrogens with one attached hydrogen (secondary N) is 2. The minimum Gasteiger partial charge on any atom is -0.544 e. The molecule has 0 radical (unpaired) electrons. The zero-order chi connectivity index (χ0) is 32.2. The van der Waals surface area contributed by atoms with Crippen molar-refractivity contribution in [3.8, 4) is 0 Å². The van der Waals surface area contributed by atoms with Gasteiger partial charge in [0, 0.05) is 16.9 Å². The summed E-state index contributed by atoms with van der Waals surface area (Å²) < 4.78 is 2.67. The number of rotatable bonds is 11. The Labute approximate surface area is 259 Å². The van der Waals surface area contributed by atoms with Gasteiger partial charge in [0.1, 0.15) is 29.8 Å². The summed E-state index contributed by atoms with van der Waals surface area (Å²) in [6.07, 6.45) is -0.314. The third-order valence-corrected chi connectivity index (χ3v) is 9.37. The summed E-state index contributed by atoms with van der Waals surface area (Å²) in [5.41, 5.74) is 0.714. The van der Waals surface area contributed by atoms with Crippen molar-refractivity contribution < 1.29 is 39.1 Å². The number of quaternary nitrogens is 1. The number of thiazole rings is 1. The van der Waals surface area contributed by atoms with E-state index in [1.165, 1.54) is 33.8 Å². The van der Waals surface area contributed by atoms with Crippen LogP contribution in [0.1, 0.15) is 18.8 Å². The fourth-order valence-electron chi connectivity index (χ4n) is 3.93. The summed E-state index contributed by atoms with van der Waals surface area (Å²) >= 11 is 3.63. The van der Waals surface area contributed by atoms with E-state index >= 15 is 0 Å². The van der Waals surface area contributed by atoms with Gasteiger partial charge in [-0.15, -0.1) is 28.2 Å². The van der Waals surface area contributed by atoms with Crippen molar-refractivity contribution in [1.29, 1.82) is 5.41 Å². The number of aliphatic carboxylic acids is 2. The molecule has 2 aromatic rings. The summed E-state index contributed by atoms with van der Waals surface area (Å²) in [5.74, 6) is -2.58. The first-order valence-corrected chi connectivity index (χ1v) is 15.6. The lowest BCUT2D eigenvalue weighted by molar-refractivity contribution is -0.864. The molecule has 0 saturated carbocycles. The highest BCUT2D eigenvalue weighted by Gasteiger charge is 2.54. The Morgan fingerprint density at radius 2 is 2.00 bits per heavy atom. The third-order valence-electron chi connectivity index (χ3n) is 6.22. The van der Waals surface area contributed by atoms with E-state index < -0.39 is 35.2 Å². The number of carboxylic acids is 2. The molecule has 236 valence electrons. The Hall–Kier alpha value is -3.46. The van der Waals surface area contributed by atoms with Gasteiger partial charge in [-0.3, -0.25) is 24.8 Å². The van der Waals surface area contributed by atoms with Gasteiger partial charge in [-0.2, -0.15) is 4.73 Å². The van der Waals surface area contributed by atoms with E-state index in [0.29, 0.717) is 25.7 Å². The molecule has 1 saturated heterocycles. The zero-order valence-electron chi connectivity index (χ0n) is 24.4. The predicted molar refractivity (Wildman–Crippen MR) is 154 cm³/mol. The second-order valence-electron chi connectivity index (χ2n) is 10.8. The van der Waals surface area contributed by atoms with E-state index in [-0.39, 0.29) is 41.1 Å². The van der Waals surface area contributed by atoms with Crippen molar-refractivity contribution in [2.24, 2.45) is 0 Å². The lowest BCUT2D eigenvalue weighted by Crippen LogP contribution is -2.70. The largest absolute Gasteiger partial charge is 0.544 e. The number of likely N-dealkylation sites (N-methyl/N-ethyl adjacent to an activating group) is 1. The molecule has 1 fully saturated rings. The molecule has 17 nitrogen and oxygen atoms in total. The molecule has 43 heavy (non-hydrogen) atoms. The molecule has 2 unspecified atom stereocenters. The fraction of sp³-hybridized carbons (Fsp3) is 0.565. The van der Waals surface area contributed by atoms with Gasteiger partial charge in [0.2, 0.25) is 15.9 Å². The average molecular weight is 659 g/mol. The van der Waals surface area contributed by atoms with E-state index in [1.54, 1.807) is 25.8 Å². The monoisotopic (exact) mass is 658 g/mol. The van der Waals surface area contributed by atoms with Crippen LogP contribution in [0.25, 0.3) is 0 Å². The van der Waals surface area contributed by atoms with Crippen LogP contribution in [0.5, 0.6) is 0 Å². The normalized spacial score (nSPS) is 18.9. The Morgan fingerprint density at radius 1 is 1.33 bits per heavy atom. The molecule has 0 aliphatic carbocycles. The molecular formula is C23H34N10O7S3. The van der Waals surface area contributed by atoms with Gasteiger partial charge in [-0.25, -0.2) is 9.48 Å². The number of amides is 2. The third kappa shape index (κ3) is 8.34. The number of hydrogen-bond acceptors (Lipinski definition) is 14. The van der Waals surface area contributed by atoms with Crippen LogP contribution in [0.3, 0.4) is 0 Å². The summed E-state index contributed by atoms with van der Waals surface area (Å²) in [4.78, 5) is 50.2. The molecule has 2 amide bonds. The maximum atomic E-state index is 12.8. The first-order chi connectivity index (χ1) is 20.0. The van der Waals surface area contributed by atoms with Crippen molar-refractivity contribution in [2.45, 2.75) is 36.1 Å². The number of carboxylic acid groups (broad SMARTS) is 2. The molecule has 4 N–H and O–H groups in total. The van der Waals surface area contributed by atoms with Crippen LogP contribution < -0.4 is 15.2 Å². The van der Waals surface area contributed by atoms with E-state index in [9.17, 15) is 34.6 Å². The van der Waals surface area contributed by atoms with Crippen molar-refractivity contribution in [3.05, 3.63) is 27.1 Å². The van der Waals surface area contributed by atoms with Gasteiger partial charge >= 0.3 is 5.97 Å². The minimum atomic E-state index is -1.21. The van der Waals surface area contributed by atoms with Crippen molar-refractivity contribution in [1.82, 2.24) is 40.1 Å². The lowest BCUT2D eigenvalue weighted by atomic mass is 10.0. The smallest absolute Gasteiger partial charge is 0.352 e. The number of carbonyl (C=O) groups excluding carboxylic acids is 3. The van der Waals surface area contributed by atoms with Crippen molar-refractivity contribution >= 4 is 58.6 Å². The van der Waals surface area contributed by atoms with Gasteiger partial charge < -0.3 is 30.0 Å². The Bertz CT molecular complexity index is 1460. The molecule has 3 atom stereocenters. The average Bonchev–Trinajstić information content (AvgIpc) is 3.50. The van der Waals surface area contributed by atoms with Crippen LogP contribution >= 0.6 is 34.9 Å². The quantitative estimate of drug-likeness (QED) is 0.0876. The Balaban J connectivity index is 0.000000557. The van der Waals surface area contributed by atoms with Crippen LogP contribution in [-0.4, -0.2) is 138 Å². The highest BCUT2D eigenvalue weighted by molar-refractivity contribution is 8.01. The van der Waals surface area contributed by atoms with E-state index in [4.69, 9.17) is 5.41 Å². The van der Waals surface area contributed by atoms with Crippen molar-refractivity contribution in [3.63, 3.8) is 0 Å². The van der Waals surface area contributed by atoms with Gasteiger partial charge in [-0.05, 0) is 37.0 Å². The van der Waals surface area contributed by atoms with Gasteiger partial charge in [0.25, 0.3) is 5.91 Å². The highest BCUT2D eigenvalue weighted by atomic mass is 32.2. The molecule has 2 aliphatic heterocycles. The fourth-order valence-corrected chi connectivity index (χ4v) is 7.01. The summed E-state index contributed by atoms with van der Waals surface area (Å²) in [5, 5.41) is 52.8. The van der Waals surface area contributed by atoms with Gasteiger partial charge in [0.05, 0.1) is 39.2 Å². The van der Waals surface area contributed by atoms with Gasteiger partial charge in [-0.1, -0.05) is 11.8 Å². The molecule has 4 heterocycles. The molecule has 0 spiro atoms. The molecule has 0 bridgehead atoms. The van der Waals surface area contributed by atoms with E-state index in [2.05, 4.69) is 20.8 Å². The number of aromatic nitrogens is 5. The molecule has 20 heteroatoms. The summed E-state index contributed by atoms with van der Waals surface area (Å²) in [6.45, 7) is 2.00. The van der Waals surface area contributed by atoms with Crippen LogP contribution in [0.2, 0.25) is 0 Å². The first-order valence-electron chi connectivity index (χ1n) is 12.7. The molecular weight excluding hydrogens is 625 g/mol. The lowest BCUT2D eigenvalue weighted by Gasteiger charge is -2.49. The predicted octanol–water partition coefficient (Wildman–Crippen LogP) is -2.15. The van der Waals surface area contributed by atoms with Gasteiger partial charge in [0.15, 0.2) is 0 Å². The summed E-state index contributed by atoms with van der Waals surface area (Å²) in [7, 11) is 9.19. The van der Waals surface area contributed by atoms with Crippen LogP contribution in [0.15, 0.2) is 21.8 Å². The summed E-state index contributed by atoms with van der Waals surface area (Å²) in [6, 6.07) is -0.870. The van der Waals surface area contributed by atoms with Crippen LogP contribution in [0, 0.1) is 5.41 Å². The Morgan fingerprint density at radius 3 is 2.51 bits per heavy atom. The maximum absolute atomic E-state index is 12.8. The number of carbonyl (C=O) groups is 4. The maximum Gasteiger partial charge on any atom is 0.352 e. The highest BCUT2D eigenvalue weighted by Crippen LogP contribution is 2.41. The number of fused-ring (bicyclic) bond motifs is 1. The number of β-lactam (4-membered cyclic amide) rings is 1. The number of nitrogens with zero attached hydrogens (tertiary/aromatic N) is 8. The second-order valence-corrected chi connectivity index (χ2v) is 13.7. The van der Waals surface area contributed by atoms with E-state index in [1.807, 2.05) is 25.9 Å². The number of tetrazole rings is 1. The topological polar surface area (TPSA) is 223 Å². The second kappa shape index (κ2) is 13.9. The van der Waals surface area contributed by atoms with Crippen molar-refractivity contribution in [2.75, 3.05) is 53.3 Å². The minimum absolute atomic E-state index is 0.0694.